The summed E-state index contributed by atoms with van der Waals surface area (Å²) in [6.07, 6.45) is -0.899. The standard InChI is InChI=1S/C24H21F5N6O2/c1-14-19(10-31-35(14)18-5-3-4-16(8-18)24(27,28)29)22(36)33-15(2)23(37,11-34-13-30-12-32-34)20-7-6-17(25)9-21(20)26/h3-10,12-13,15,37H,11H2,1-2H3,(H,33,36)/t15-,23-/m1/s1. The van der Waals surface area contributed by atoms with E-state index in [0.717, 1.165) is 24.3 Å². The molecule has 0 aliphatic carbocycles. The predicted octanol–water partition coefficient (Wildman–Crippen LogP) is 3.78. The number of nitrogens with zero attached hydrogens (tertiary/aromatic N) is 5. The van der Waals surface area contributed by atoms with Gasteiger partial charge in [0.1, 0.15) is 29.9 Å². The molecule has 0 saturated carbocycles. The number of hydrogen-bond acceptors (Lipinski definition) is 5. The maximum Gasteiger partial charge on any atom is 0.416 e. The molecule has 0 aliphatic heterocycles. The van der Waals surface area contributed by atoms with E-state index in [1.54, 1.807) is 0 Å². The normalized spacial score (nSPS) is 14.3. The summed E-state index contributed by atoms with van der Waals surface area (Å²) in [5.74, 6) is -2.60. The second kappa shape index (κ2) is 9.73. The van der Waals surface area contributed by atoms with Crippen LogP contribution in [0.2, 0.25) is 0 Å². The highest BCUT2D eigenvalue weighted by atomic mass is 19.4. The van der Waals surface area contributed by atoms with E-state index in [4.69, 9.17) is 0 Å². The lowest BCUT2D eigenvalue weighted by Crippen LogP contribution is -2.52. The molecule has 2 aromatic carbocycles. The van der Waals surface area contributed by atoms with E-state index in [2.05, 4.69) is 20.5 Å². The Bertz CT molecular complexity index is 1420. The predicted molar refractivity (Wildman–Crippen MR) is 121 cm³/mol. The second-order valence-electron chi connectivity index (χ2n) is 8.44. The van der Waals surface area contributed by atoms with E-state index in [1.165, 1.54) is 54.2 Å². The number of carbonyl (C=O) groups excluding carboxylic acids is 1. The van der Waals surface area contributed by atoms with Crippen LogP contribution in [0.15, 0.2) is 61.3 Å². The van der Waals surface area contributed by atoms with E-state index >= 15 is 0 Å². The van der Waals surface area contributed by atoms with Crippen LogP contribution in [-0.2, 0) is 18.3 Å². The molecule has 4 aromatic rings. The molecular weight excluding hydrogens is 499 g/mol. The van der Waals surface area contributed by atoms with Gasteiger partial charge < -0.3 is 10.4 Å². The van der Waals surface area contributed by atoms with Gasteiger partial charge in [-0.2, -0.15) is 23.4 Å². The third-order valence-corrected chi connectivity index (χ3v) is 6.00. The van der Waals surface area contributed by atoms with E-state index in [1.807, 2.05) is 0 Å². The van der Waals surface area contributed by atoms with E-state index in [0.29, 0.717) is 6.07 Å². The number of benzene rings is 2. The Morgan fingerprint density at radius 3 is 2.54 bits per heavy atom. The summed E-state index contributed by atoms with van der Waals surface area (Å²) in [6.45, 7) is 2.58. The van der Waals surface area contributed by atoms with Crippen molar-refractivity contribution in [3.8, 4) is 5.69 Å². The van der Waals surface area contributed by atoms with Gasteiger partial charge in [0.2, 0.25) is 0 Å². The van der Waals surface area contributed by atoms with Crippen LogP contribution in [-0.4, -0.2) is 41.6 Å². The highest BCUT2D eigenvalue weighted by molar-refractivity contribution is 5.95. The monoisotopic (exact) mass is 520 g/mol. The fraction of sp³-hybridized carbons (Fsp3) is 0.250. The van der Waals surface area contributed by atoms with Crippen molar-refractivity contribution in [2.24, 2.45) is 0 Å². The number of amides is 1. The number of alkyl halides is 3. The molecule has 0 unspecified atom stereocenters. The van der Waals surface area contributed by atoms with Crippen molar-refractivity contribution in [3.63, 3.8) is 0 Å². The highest BCUT2D eigenvalue weighted by Crippen LogP contribution is 2.32. The van der Waals surface area contributed by atoms with Gasteiger partial charge in [0.25, 0.3) is 5.91 Å². The minimum Gasteiger partial charge on any atom is -0.381 e. The van der Waals surface area contributed by atoms with Gasteiger partial charge in [-0.3, -0.25) is 4.79 Å². The van der Waals surface area contributed by atoms with Crippen LogP contribution < -0.4 is 5.32 Å². The summed E-state index contributed by atoms with van der Waals surface area (Å²) < 4.78 is 70.0. The van der Waals surface area contributed by atoms with Crippen LogP contribution in [0.4, 0.5) is 22.0 Å². The maximum atomic E-state index is 14.7. The molecule has 0 saturated heterocycles. The Kier molecular flexibility index (Phi) is 6.82. The molecule has 2 N–H and O–H groups in total. The molecular formula is C24H21F5N6O2. The van der Waals surface area contributed by atoms with Crippen molar-refractivity contribution in [2.75, 3.05) is 0 Å². The van der Waals surface area contributed by atoms with Crippen LogP contribution >= 0.6 is 0 Å². The van der Waals surface area contributed by atoms with Gasteiger partial charge >= 0.3 is 6.18 Å². The zero-order valence-electron chi connectivity index (χ0n) is 19.5. The fourth-order valence-corrected chi connectivity index (χ4v) is 3.96. The average molecular weight is 520 g/mol. The van der Waals surface area contributed by atoms with Crippen molar-refractivity contribution in [3.05, 3.63) is 95.3 Å². The lowest BCUT2D eigenvalue weighted by atomic mass is 9.86. The molecule has 0 fully saturated rings. The quantitative estimate of drug-likeness (QED) is 0.362. The summed E-state index contributed by atoms with van der Waals surface area (Å²) in [5.41, 5.74) is -2.90. The van der Waals surface area contributed by atoms with Gasteiger partial charge in [0, 0.05) is 11.6 Å². The Labute approximate surface area is 207 Å². The van der Waals surface area contributed by atoms with Crippen LogP contribution in [0.25, 0.3) is 5.69 Å². The second-order valence-corrected chi connectivity index (χ2v) is 8.44. The summed E-state index contributed by atoms with van der Waals surface area (Å²) >= 11 is 0. The topological polar surface area (TPSA) is 97.9 Å². The van der Waals surface area contributed by atoms with Crippen molar-refractivity contribution in [1.82, 2.24) is 29.9 Å². The highest BCUT2D eigenvalue weighted by Gasteiger charge is 2.40. The lowest BCUT2D eigenvalue weighted by Gasteiger charge is -2.35. The first-order valence-electron chi connectivity index (χ1n) is 10.9. The number of nitrogens with one attached hydrogen (secondary N) is 1. The van der Waals surface area contributed by atoms with Crippen molar-refractivity contribution in [2.45, 2.75) is 38.2 Å². The first-order valence-corrected chi connectivity index (χ1v) is 10.9. The minimum absolute atomic E-state index is 0.0203. The van der Waals surface area contributed by atoms with Gasteiger partial charge in [-0.15, -0.1) is 0 Å². The number of hydrogen-bond donors (Lipinski definition) is 2. The molecule has 2 heterocycles. The molecule has 37 heavy (non-hydrogen) atoms. The molecule has 0 radical (unpaired) electrons. The molecule has 0 bridgehead atoms. The summed E-state index contributed by atoms with van der Waals surface area (Å²) in [7, 11) is 0. The molecule has 4 rings (SSSR count). The molecule has 13 heteroatoms. The number of rotatable bonds is 7. The third kappa shape index (κ3) is 5.21. The average Bonchev–Trinajstić information content (AvgIpc) is 3.47. The zero-order valence-corrected chi connectivity index (χ0v) is 19.5. The molecule has 2 atom stereocenters. The molecule has 8 nitrogen and oxygen atoms in total. The number of halogens is 5. The van der Waals surface area contributed by atoms with Gasteiger partial charge in [-0.1, -0.05) is 12.1 Å². The lowest BCUT2D eigenvalue weighted by molar-refractivity contribution is -0.137. The maximum absolute atomic E-state index is 14.7. The fourth-order valence-electron chi connectivity index (χ4n) is 3.96. The summed E-state index contributed by atoms with van der Waals surface area (Å²) in [5, 5.41) is 22.1. The molecule has 0 spiro atoms. The molecule has 0 aliphatic rings. The van der Waals surface area contributed by atoms with Crippen LogP contribution in [0.5, 0.6) is 0 Å². The van der Waals surface area contributed by atoms with Crippen molar-refractivity contribution < 1.29 is 31.9 Å². The van der Waals surface area contributed by atoms with Crippen LogP contribution in [0.3, 0.4) is 0 Å². The Hall–Kier alpha value is -4.13. The Morgan fingerprint density at radius 1 is 1.14 bits per heavy atom. The molecule has 1 amide bonds. The van der Waals surface area contributed by atoms with E-state index < -0.39 is 40.9 Å². The number of carbonyl (C=O) groups is 1. The largest absolute Gasteiger partial charge is 0.416 e. The Morgan fingerprint density at radius 2 is 1.89 bits per heavy atom. The summed E-state index contributed by atoms with van der Waals surface area (Å²) in [6, 6.07) is 5.96. The van der Waals surface area contributed by atoms with Crippen molar-refractivity contribution >= 4 is 5.91 Å². The Balaban J connectivity index is 1.64. The van der Waals surface area contributed by atoms with Gasteiger partial charge in [-0.05, 0) is 38.1 Å². The molecule has 2 aromatic heterocycles. The van der Waals surface area contributed by atoms with Gasteiger partial charge in [0.15, 0.2) is 0 Å². The first-order chi connectivity index (χ1) is 17.4. The summed E-state index contributed by atoms with van der Waals surface area (Å²) in [4.78, 5) is 16.9. The SMILES string of the molecule is Cc1c(C(=O)N[C@H](C)[C@](O)(Cn2cncn2)c2ccc(F)cc2F)cnn1-c1cccc(C(F)(F)F)c1. The number of aromatic nitrogens is 5. The van der Waals surface area contributed by atoms with Crippen LogP contribution in [0, 0.1) is 18.6 Å². The first kappa shape index (κ1) is 25.9. The minimum atomic E-state index is -4.56. The smallest absolute Gasteiger partial charge is 0.381 e. The van der Waals surface area contributed by atoms with E-state index in [9.17, 15) is 31.9 Å². The van der Waals surface area contributed by atoms with Gasteiger partial charge in [-0.25, -0.2) is 23.1 Å². The third-order valence-electron chi connectivity index (χ3n) is 6.00. The zero-order chi connectivity index (χ0) is 27.0. The van der Waals surface area contributed by atoms with Crippen molar-refractivity contribution in [1.29, 1.82) is 0 Å². The van der Waals surface area contributed by atoms with E-state index in [-0.39, 0.29) is 29.1 Å². The van der Waals surface area contributed by atoms with Gasteiger partial charge in [0.05, 0.1) is 41.3 Å². The molecule has 194 valence electrons. The van der Waals surface area contributed by atoms with Crippen LogP contribution in [0.1, 0.15) is 34.1 Å². The number of aliphatic hydroxyl groups is 1.